The maximum atomic E-state index is 10.7. The van der Waals surface area contributed by atoms with Gasteiger partial charge in [-0.1, -0.05) is 6.92 Å². The van der Waals surface area contributed by atoms with Crippen LogP contribution in [0.2, 0.25) is 0 Å². The molecule has 0 aliphatic rings. The van der Waals surface area contributed by atoms with E-state index in [1.165, 1.54) is 4.88 Å². The predicted octanol–water partition coefficient (Wildman–Crippen LogP) is 2.61. The number of nitrogens with zero attached hydrogens (tertiary/aromatic N) is 2. The molecule has 0 aliphatic heterocycles. The molecule has 2 heterocycles. The summed E-state index contributed by atoms with van der Waals surface area (Å²) in [7, 11) is 0. The Balaban J connectivity index is 2.07. The lowest BCUT2D eigenvalue weighted by molar-refractivity contribution is -0.118. The first-order valence-electron chi connectivity index (χ1n) is 5.85. The molecule has 4 nitrogen and oxygen atoms in total. The van der Waals surface area contributed by atoms with Gasteiger partial charge >= 0.3 is 0 Å². The number of aryl methyl sites for hydroxylation is 1. The van der Waals surface area contributed by atoms with E-state index in [1.54, 1.807) is 29.4 Å². The molecule has 2 N–H and O–H groups in total. The number of carbonyl (C=O) groups excluding carboxylic acids is 1. The molecule has 0 aliphatic carbocycles. The molecule has 2 aromatic heterocycles. The fraction of sp³-hybridized carbons (Fsp3) is 0.417. The van der Waals surface area contributed by atoms with Crippen molar-refractivity contribution in [3.05, 3.63) is 17.3 Å². The van der Waals surface area contributed by atoms with Crippen molar-refractivity contribution < 1.29 is 4.79 Å². The maximum absolute atomic E-state index is 10.7. The molecule has 0 spiro atoms. The van der Waals surface area contributed by atoms with E-state index in [0.717, 1.165) is 33.8 Å². The summed E-state index contributed by atoms with van der Waals surface area (Å²) in [5.41, 5.74) is 5.11. The van der Waals surface area contributed by atoms with Crippen LogP contribution in [0, 0.1) is 0 Å². The molecule has 0 fully saturated rings. The molecule has 0 unspecified atom stereocenters. The first-order valence-corrected chi connectivity index (χ1v) is 7.65. The Kier molecular flexibility index (Phi) is 4.54. The first-order chi connectivity index (χ1) is 8.70. The molecular weight excluding hydrogens is 266 g/mol. The maximum Gasteiger partial charge on any atom is 0.217 e. The highest BCUT2D eigenvalue weighted by Gasteiger charge is 2.08. The average molecular weight is 281 g/mol. The van der Waals surface area contributed by atoms with Crippen molar-refractivity contribution in [2.45, 2.75) is 31.2 Å². The Labute approximate surface area is 114 Å². The minimum absolute atomic E-state index is 0.243. The number of amides is 1. The van der Waals surface area contributed by atoms with E-state index in [4.69, 9.17) is 5.73 Å². The van der Waals surface area contributed by atoms with Crippen LogP contribution >= 0.6 is 23.1 Å². The molecule has 96 valence electrons. The van der Waals surface area contributed by atoms with Gasteiger partial charge in [-0.15, -0.1) is 23.1 Å². The van der Waals surface area contributed by atoms with E-state index in [0.29, 0.717) is 6.42 Å². The van der Waals surface area contributed by atoms with E-state index in [9.17, 15) is 4.79 Å². The Morgan fingerprint density at radius 2 is 2.33 bits per heavy atom. The molecule has 1 amide bonds. The third kappa shape index (κ3) is 3.20. The van der Waals surface area contributed by atoms with E-state index in [2.05, 4.69) is 23.0 Å². The van der Waals surface area contributed by atoms with Gasteiger partial charge in [0, 0.05) is 22.4 Å². The van der Waals surface area contributed by atoms with Crippen LogP contribution < -0.4 is 5.73 Å². The van der Waals surface area contributed by atoms with Gasteiger partial charge in [0.25, 0.3) is 0 Å². The number of hydrogen-bond acceptors (Lipinski definition) is 5. The van der Waals surface area contributed by atoms with Crippen LogP contribution in [0.25, 0.3) is 10.2 Å². The lowest BCUT2D eigenvalue weighted by Crippen LogP contribution is -2.09. The zero-order valence-corrected chi connectivity index (χ0v) is 11.8. The number of fused-ring (bicyclic) bond motifs is 1. The second-order valence-electron chi connectivity index (χ2n) is 3.88. The molecule has 6 heteroatoms. The molecule has 0 saturated heterocycles. The Morgan fingerprint density at radius 3 is 3.06 bits per heavy atom. The summed E-state index contributed by atoms with van der Waals surface area (Å²) in [6, 6.07) is 2.16. The number of primary amides is 1. The number of rotatable bonds is 6. The number of thiophene rings is 1. The Bertz CT molecular complexity index is 553. The molecule has 2 rings (SSSR count). The highest BCUT2D eigenvalue weighted by molar-refractivity contribution is 7.99. The van der Waals surface area contributed by atoms with Crippen LogP contribution in [0.4, 0.5) is 0 Å². The van der Waals surface area contributed by atoms with Crippen molar-refractivity contribution in [2.24, 2.45) is 5.73 Å². The van der Waals surface area contributed by atoms with Gasteiger partial charge in [-0.2, -0.15) is 0 Å². The van der Waals surface area contributed by atoms with Gasteiger partial charge in [-0.25, -0.2) is 9.97 Å². The SMILES string of the molecule is CCc1cc2c(SCCCC(N)=O)ncnc2s1. The van der Waals surface area contributed by atoms with Gasteiger partial charge in [0.05, 0.1) is 0 Å². The molecule has 0 saturated carbocycles. The summed E-state index contributed by atoms with van der Waals surface area (Å²) in [5, 5.41) is 2.13. The number of thioether (sulfide) groups is 1. The lowest BCUT2D eigenvalue weighted by atomic mass is 10.3. The third-order valence-corrected chi connectivity index (χ3v) is 4.78. The monoisotopic (exact) mass is 281 g/mol. The molecule has 0 radical (unpaired) electrons. The first kappa shape index (κ1) is 13.3. The fourth-order valence-electron chi connectivity index (χ4n) is 1.59. The zero-order chi connectivity index (χ0) is 13.0. The predicted molar refractivity (Wildman–Crippen MR) is 75.9 cm³/mol. The summed E-state index contributed by atoms with van der Waals surface area (Å²) in [6.45, 7) is 2.14. The average Bonchev–Trinajstić information content (AvgIpc) is 2.78. The molecule has 0 bridgehead atoms. The van der Waals surface area contributed by atoms with Gasteiger partial charge in [0.15, 0.2) is 0 Å². The standard InChI is InChI=1S/C12H15N3OS2/c1-2-8-6-9-11(14-7-15-12(9)18-8)17-5-3-4-10(13)16/h6-7H,2-5H2,1H3,(H2,13,16). The summed E-state index contributed by atoms with van der Waals surface area (Å²) >= 11 is 3.38. The van der Waals surface area contributed by atoms with Crippen molar-refractivity contribution in [2.75, 3.05) is 5.75 Å². The number of aromatic nitrogens is 2. The van der Waals surface area contributed by atoms with E-state index < -0.39 is 0 Å². The largest absolute Gasteiger partial charge is 0.370 e. The smallest absolute Gasteiger partial charge is 0.217 e. The van der Waals surface area contributed by atoms with Crippen LogP contribution in [0.5, 0.6) is 0 Å². The van der Waals surface area contributed by atoms with E-state index in [-0.39, 0.29) is 5.91 Å². The van der Waals surface area contributed by atoms with E-state index in [1.807, 2.05) is 0 Å². The van der Waals surface area contributed by atoms with Gasteiger partial charge in [0.2, 0.25) is 5.91 Å². The minimum Gasteiger partial charge on any atom is -0.370 e. The highest BCUT2D eigenvalue weighted by Crippen LogP contribution is 2.31. The Hall–Kier alpha value is -1.14. The molecule has 0 aromatic carbocycles. The number of nitrogens with two attached hydrogens (primary N) is 1. The van der Waals surface area contributed by atoms with E-state index >= 15 is 0 Å². The summed E-state index contributed by atoms with van der Waals surface area (Å²) in [6.07, 6.45) is 3.85. The van der Waals surface area contributed by atoms with Gasteiger partial charge in [0.1, 0.15) is 16.2 Å². The van der Waals surface area contributed by atoms with Crippen molar-refractivity contribution in [3.8, 4) is 0 Å². The Morgan fingerprint density at radius 1 is 1.50 bits per heavy atom. The van der Waals surface area contributed by atoms with Crippen LogP contribution in [-0.2, 0) is 11.2 Å². The summed E-state index contributed by atoms with van der Waals surface area (Å²) in [4.78, 5) is 21.6. The van der Waals surface area contributed by atoms with Crippen LogP contribution in [0.3, 0.4) is 0 Å². The van der Waals surface area contributed by atoms with Crippen LogP contribution in [0.1, 0.15) is 24.6 Å². The zero-order valence-electron chi connectivity index (χ0n) is 10.2. The van der Waals surface area contributed by atoms with Crippen molar-refractivity contribution in [1.29, 1.82) is 0 Å². The molecule has 18 heavy (non-hydrogen) atoms. The second kappa shape index (κ2) is 6.15. The van der Waals surface area contributed by atoms with Crippen LogP contribution in [0.15, 0.2) is 17.4 Å². The second-order valence-corrected chi connectivity index (χ2v) is 6.08. The normalized spacial score (nSPS) is 10.9. The molecule has 2 aromatic rings. The molecule has 0 atom stereocenters. The van der Waals surface area contributed by atoms with Crippen molar-refractivity contribution in [3.63, 3.8) is 0 Å². The van der Waals surface area contributed by atoms with Crippen LogP contribution in [-0.4, -0.2) is 21.6 Å². The fourth-order valence-corrected chi connectivity index (χ4v) is 3.50. The van der Waals surface area contributed by atoms with Gasteiger partial charge in [-0.05, 0) is 18.9 Å². The third-order valence-electron chi connectivity index (χ3n) is 2.50. The topological polar surface area (TPSA) is 68.9 Å². The van der Waals surface area contributed by atoms with Gasteiger partial charge < -0.3 is 5.73 Å². The van der Waals surface area contributed by atoms with Gasteiger partial charge in [-0.3, -0.25) is 4.79 Å². The van der Waals surface area contributed by atoms with Crippen molar-refractivity contribution >= 4 is 39.2 Å². The number of hydrogen-bond donors (Lipinski definition) is 1. The highest BCUT2D eigenvalue weighted by atomic mass is 32.2. The van der Waals surface area contributed by atoms with Crippen molar-refractivity contribution in [1.82, 2.24) is 9.97 Å². The minimum atomic E-state index is -0.243. The quantitative estimate of drug-likeness (QED) is 0.502. The molecular formula is C12H15N3OS2. The summed E-state index contributed by atoms with van der Waals surface area (Å²) < 4.78 is 0. The summed E-state index contributed by atoms with van der Waals surface area (Å²) in [5.74, 6) is 0.610. The number of carbonyl (C=O) groups is 1. The lowest BCUT2D eigenvalue weighted by Gasteiger charge is -2.00.